The van der Waals surface area contributed by atoms with Crippen LogP contribution in [0.25, 0.3) is 0 Å². The van der Waals surface area contributed by atoms with Crippen molar-refractivity contribution >= 4 is 17.4 Å². The van der Waals surface area contributed by atoms with Gasteiger partial charge in [0.2, 0.25) is 0 Å². The fraction of sp³-hybridized carbons (Fsp3) is 0.357. The lowest BCUT2D eigenvalue weighted by Gasteiger charge is -2.08. The first kappa shape index (κ1) is 14.0. The average molecular weight is 307 g/mol. The van der Waals surface area contributed by atoms with E-state index in [1.165, 1.54) is 4.68 Å². The van der Waals surface area contributed by atoms with Gasteiger partial charge in [0.05, 0.1) is 18.5 Å². The number of hydrogen-bond acceptors (Lipinski definition) is 5. The molecule has 0 bridgehead atoms. The smallest absolute Gasteiger partial charge is 0.158 e. The lowest BCUT2D eigenvalue weighted by atomic mass is 10.0. The zero-order valence-electron chi connectivity index (χ0n) is 11.4. The number of benzene rings is 1. The highest BCUT2D eigenvalue weighted by atomic mass is 35.5. The maximum atomic E-state index is 12.2. The summed E-state index contributed by atoms with van der Waals surface area (Å²) in [6.45, 7) is 1.11. The zero-order chi connectivity index (χ0) is 14.8. The second kappa shape index (κ2) is 5.83. The molecule has 0 atom stereocenters. The molecule has 1 aromatic carbocycles. The summed E-state index contributed by atoms with van der Waals surface area (Å²) < 4.78 is 7.09. The van der Waals surface area contributed by atoms with E-state index < -0.39 is 0 Å². The van der Waals surface area contributed by atoms with Crippen LogP contribution in [0.2, 0.25) is 5.02 Å². The standard InChI is InChI=1S/C14H15ClN4O2/c15-11-3-9-1-2-21-14(9)10(4-11)5-13(20)8-19-7-12(6-16)17-18-19/h3-4,7H,1-2,5-6,8,16H2. The number of hydrogen-bond donors (Lipinski definition) is 1. The molecule has 110 valence electrons. The molecular weight excluding hydrogens is 292 g/mol. The number of Topliss-reactive ketones (excluding diaryl/α,β-unsaturated/α-hetero) is 1. The molecule has 1 aliphatic rings. The molecule has 3 rings (SSSR count). The monoisotopic (exact) mass is 306 g/mol. The first-order chi connectivity index (χ1) is 10.2. The van der Waals surface area contributed by atoms with Gasteiger partial charge in [-0.05, 0) is 17.7 Å². The normalized spacial score (nSPS) is 13.0. The maximum Gasteiger partial charge on any atom is 0.158 e. The topological polar surface area (TPSA) is 83.0 Å². The molecule has 0 aliphatic carbocycles. The lowest BCUT2D eigenvalue weighted by Crippen LogP contribution is -2.13. The highest BCUT2D eigenvalue weighted by Crippen LogP contribution is 2.33. The van der Waals surface area contributed by atoms with Crippen LogP contribution < -0.4 is 10.5 Å². The Morgan fingerprint density at radius 3 is 3.10 bits per heavy atom. The zero-order valence-corrected chi connectivity index (χ0v) is 12.1. The Balaban J connectivity index is 1.73. The molecule has 0 saturated heterocycles. The Morgan fingerprint density at radius 1 is 1.48 bits per heavy atom. The van der Waals surface area contributed by atoms with Crippen LogP contribution in [-0.2, 0) is 30.7 Å². The van der Waals surface area contributed by atoms with Gasteiger partial charge in [-0.2, -0.15) is 0 Å². The summed E-state index contributed by atoms with van der Waals surface area (Å²) >= 11 is 6.09. The van der Waals surface area contributed by atoms with E-state index in [1.807, 2.05) is 6.07 Å². The average Bonchev–Trinajstić information content (AvgIpc) is 3.07. The summed E-state index contributed by atoms with van der Waals surface area (Å²) in [5, 5.41) is 8.36. The van der Waals surface area contributed by atoms with Crippen molar-refractivity contribution in [3.8, 4) is 5.75 Å². The van der Waals surface area contributed by atoms with E-state index in [1.54, 1.807) is 12.3 Å². The Labute approximate surface area is 126 Å². The fourth-order valence-corrected chi connectivity index (χ4v) is 2.70. The Kier molecular flexibility index (Phi) is 3.90. The second-order valence-electron chi connectivity index (χ2n) is 4.98. The van der Waals surface area contributed by atoms with Gasteiger partial charge in [-0.15, -0.1) is 5.10 Å². The lowest BCUT2D eigenvalue weighted by molar-refractivity contribution is -0.119. The van der Waals surface area contributed by atoms with Crippen LogP contribution in [0, 0.1) is 0 Å². The summed E-state index contributed by atoms with van der Waals surface area (Å²) in [4.78, 5) is 12.2. The molecular formula is C14H15ClN4O2. The Morgan fingerprint density at radius 2 is 2.33 bits per heavy atom. The number of ether oxygens (including phenoxy) is 1. The molecule has 0 spiro atoms. The van der Waals surface area contributed by atoms with Gasteiger partial charge in [-0.25, -0.2) is 4.68 Å². The third-order valence-electron chi connectivity index (χ3n) is 3.35. The van der Waals surface area contributed by atoms with Gasteiger partial charge >= 0.3 is 0 Å². The number of ketones is 1. The van der Waals surface area contributed by atoms with E-state index >= 15 is 0 Å². The molecule has 2 N–H and O–H groups in total. The van der Waals surface area contributed by atoms with Gasteiger partial charge in [0, 0.05) is 30.0 Å². The molecule has 1 aromatic heterocycles. The molecule has 0 saturated carbocycles. The van der Waals surface area contributed by atoms with Crippen LogP contribution in [0.5, 0.6) is 5.75 Å². The first-order valence-electron chi connectivity index (χ1n) is 6.70. The molecule has 21 heavy (non-hydrogen) atoms. The minimum Gasteiger partial charge on any atom is -0.493 e. The van der Waals surface area contributed by atoms with Crippen LogP contribution in [0.1, 0.15) is 16.8 Å². The van der Waals surface area contributed by atoms with Gasteiger partial charge < -0.3 is 10.5 Å². The van der Waals surface area contributed by atoms with Crippen molar-refractivity contribution in [1.82, 2.24) is 15.0 Å². The fourth-order valence-electron chi connectivity index (χ4n) is 2.44. The summed E-state index contributed by atoms with van der Waals surface area (Å²) in [6, 6.07) is 3.68. The summed E-state index contributed by atoms with van der Waals surface area (Å²) in [5.74, 6) is 0.817. The van der Waals surface area contributed by atoms with Crippen molar-refractivity contribution in [2.45, 2.75) is 25.9 Å². The predicted octanol–water partition coefficient (Wildman–Crippen LogP) is 1.14. The molecule has 2 aromatic rings. The number of fused-ring (bicyclic) bond motifs is 1. The summed E-state index contributed by atoms with van der Waals surface area (Å²) in [7, 11) is 0. The van der Waals surface area contributed by atoms with E-state index in [0.717, 1.165) is 23.3 Å². The number of halogens is 1. The number of carbonyl (C=O) groups excluding carboxylic acids is 1. The number of rotatable bonds is 5. The molecule has 0 radical (unpaired) electrons. The summed E-state index contributed by atoms with van der Waals surface area (Å²) in [5.41, 5.74) is 8.02. The van der Waals surface area contributed by atoms with E-state index in [9.17, 15) is 4.79 Å². The molecule has 7 heteroatoms. The van der Waals surface area contributed by atoms with Gasteiger partial charge in [-0.3, -0.25) is 4.79 Å². The van der Waals surface area contributed by atoms with E-state index in [0.29, 0.717) is 23.9 Å². The number of carbonyl (C=O) groups is 1. The minimum absolute atomic E-state index is 0.0171. The SMILES string of the molecule is NCc1cn(CC(=O)Cc2cc(Cl)cc3c2OCC3)nn1. The molecule has 0 unspecified atom stereocenters. The Hall–Kier alpha value is -1.92. The molecule has 0 amide bonds. The van der Waals surface area contributed by atoms with Crippen molar-refractivity contribution in [3.63, 3.8) is 0 Å². The third-order valence-corrected chi connectivity index (χ3v) is 3.56. The first-order valence-corrected chi connectivity index (χ1v) is 7.08. The molecule has 0 fully saturated rings. The highest BCUT2D eigenvalue weighted by molar-refractivity contribution is 6.30. The van der Waals surface area contributed by atoms with Gasteiger partial charge in [-0.1, -0.05) is 16.8 Å². The highest BCUT2D eigenvalue weighted by Gasteiger charge is 2.19. The van der Waals surface area contributed by atoms with Crippen LogP contribution in [0.3, 0.4) is 0 Å². The maximum absolute atomic E-state index is 12.2. The van der Waals surface area contributed by atoms with Crippen LogP contribution in [0.4, 0.5) is 0 Å². The van der Waals surface area contributed by atoms with Crippen molar-refractivity contribution in [2.75, 3.05) is 6.61 Å². The van der Waals surface area contributed by atoms with Crippen molar-refractivity contribution in [3.05, 3.63) is 40.2 Å². The largest absolute Gasteiger partial charge is 0.493 e. The van der Waals surface area contributed by atoms with E-state index in [-0.39, 0.29) is 18.7 Å². The van der Waals surface area contributed by atoms with Crippen LogP contribution in [0.15, 0.2) is 18.3 Å². The van der Waals surface area contributed by atoms with Crippen molar-refractivity contribution in [2.24, 2.45) is 5.73 Å². The van der Waals surface area contributed by atoms with E-state index in [4.69, 9.17) is 22.1 Å². The number of nitrogens with two attached hydrogens (primary N) is 1. The van der Waals surface area contributed by atoms with Crippen molar-refractivity contribution in [1.29, 1.82) is 0 Å². The van der Waals surface area contributed by atoms with Crippen LogP contribution >= 0.6 is 11.6 Å². The number of aromatic nitrogens is 3. The Bertz CT molecular complexity index is 684. The predicted molar refractivity (Wildman–Crippen MR) is 77.3 cm³/mol. The minimum atomic E-state index is 0.0171. The quantitative estimate of drug-likeness (QED) is 0.895. The van der Waals surface area contributed by atoms with Gasteiger partial charge in [0.25, 0.3) is 0 Å². The number of nitrogens with zero attached hydrogens (tertiary/aromatic N) is 3. The van der Waals surface area contributed by atoms with Crippen LogP contribution in [-0.4, -0.2) is 27.4 Å². The molecule has 2 heterocycles. The second-order valence-corrected chi connectivity index (χ2v) is 5.42. The van der Waals surface area contributed by atoms with Crippen molar-refractivity contribution < 1.29 is 9.53 Å². The van der Waals surface area contributed by atoms with E-state index in [2.05, 4.69) is 10.3 Å². The van der Waals surface area contributed by atoms with Gasteiger partial charge in [0.1, 0.15) is 12.3 Å². The molecule has 1 aliphatic heterocycles. The molecule has 6 nitrogen and oxygen atoms in total. The third kappa shape index (κ3) is 3.06. The van der Waals surface area contributed by atoms with Gasteiger partial charge in [0.15, 0.2) is 5.78 Å². The summed E-state index contributed by atoms with van der Waals surface area (Å²) in [6.07, 6.45) is 2.78.